The Morgan fingerprint density at radius 3 is 2.81 bits per heavy atom. The van der Waals surface area contributed by atoms with E-state index in [0.717, 1.165) is 35.8 Å². The lowest BCUT2D eigenvalue weighted by molar-refractivity contribution is 0.0384. The molecule has 1 saturated heterocycles. The Bertz CT molecular complexity index is 765. The SMILES string of the molecule is COCC[C@H]1CN(C(=O)c2cccc3ccccc23)CCN1C[C@@H](N)CS. The summed E-state index contributed by atoms with van der Waals surface area (Å²) in [4.78, 5) is 17.6. The number of nitrogens with two attached hydrogens (primary N) is 1. The maximum Gasteiger partial charge on any atom is 0.254 e. The van der Waals surface area contributed by atoms with Crippen LogP contribution >= 0.6 is 12.6 Å². The number of hydrogen-bond donors (Lipinski definition) is 2. The molecule has 1 aliphatic heterocycles. The first-order valence-corrected chi connectivity index (χ1v) is 10.1. The number of benzene rings is 2. The molecule has 0 aliphatic carbocycles. The van der Waals surface area contributed by atoms with E-state index in [2.05, 4.69) is 17.5 Å². The van der Waals surface area contributed by atoms with E-state index in [1.54, 1.807) is 7.11 Å². The first kappa shape index (κ1) is 20.1. The highest BCUT2D eigenvalue weighted by molar-refractivity contribution is 7.80. The Labute approximate surface area is 166 Å². The maximum absolute atomic E-state index is 13.3. The minimum Gasteiger partial charge on any atom is -0.385 e. The van der Waals surface area contributed by atoms with Crippen molar-refractivity contribution in [1.29, 1.82) is 0 Å². The van der Waals surface area contributed by atoms with Gasteiger partial charge in [0.1, 0.15) is 0 Å². The monoisotopic (exact) mass is 387 g/mol. The normalized spacial score (nSPS) is 19.4. The summed E-state index contributed by atoms with van der Waals surface area (Å²) in [5.74, 6) is 0.763. The Morgan fingerprint density at radius 2 is 2.04 bits per heavy atom. The number of thiol groups is 1. The molecule has 146 valence electrons. The van der Waals surface area contributed by atoms with Crippen molar-refractivity contribution in [2.75, 3.05) is 45.6 Å². The number of methoxy groups -OCH3 is 1. The molecule has 2 atom stereocenters. The van der Waals surface area contributed by atoms with E-state index in [1.807, 2.05) is 47.4 Å². The summed E-state index contributed by atoms with van der Waals surface area (Å²) >= 11 is 4.31. The standard InChI is InChI=1S/C21H29N3O2S/c1-26-12-9-18-14-24(11-10-23(18)13-17(22)15-27)21(25)20-8-4-6-16-5-2-3-7-19(16)20/h2-8,17-18,27H,9-15,22H2,1H3/t17-,18+/m1/s1. The van der Waals surface area contributed by atoms with Gasteiger partial charge in [0.15, 0.2) is 0 Å². The predicted molar refractivity (Wildman–Crippen MR) is 114 cm³/mol. The summed E-state index contributed by atoms with van der Waals surface area (Å²) in [7, 11) is 1.71. The second-order valence-corrected chi connectivity index (χ2v) is 7.52. The molecule has 2 aromatic carbocycles. The van der Waals surface area contributed by atoms with Gasteiger partial charge in [0.2, 0.25) is 0 Å². The summed E-state index contributed by atoms with van der Waals surface area (Å²) < 4.78 is 5.29. The van der Waals surface area contributed by atoms with Crippen LogP contribution in [0.4, 0.5) is 0 Å². The molecule has 0 radical (unpaired) electrons. The van der Waals surface area contributed by atoms with E-state index in [0.29, 0.717) is 25.4 Å². The fourth-order valence-electron chi connectivity index (χ4n) is 3.79. The molecular weight excluding hydrogens is 358 g/mol. The Morgan fingerprint density at radius 1 is 1.26 bits per heavy atom. The molecule has 2 N–H and O–H groups in total. The van der Waals surface area contributed by atoms with Gasteiger partial charge in [-0.25, -0.2) is 0 Å². The lowest BCUT2D eigenvalue weighted by atomic mass is 10.0. The Kier molecular flexibility index (Phi) is 7.13. The van der Waals surface area contributed by atoms with E-state index < -0.39 is 0 Å². The highest BCUT2D eigenvalue weighted by Gasteiger charge is 2.30. The van der Waals surface area contributed by atoms with E-state index in [-0.39, 0.29) is 18.0 Å². The van der Waals surface area contributed by atoms with E-state index >= 15 is 0 Å². The van der Waals surface area contributed by atoms with Crippen LogP contribution < -0.4 is 5.73 Å². The highest BCUT2D eigenvalue weighted by atomic mass is 32.1. The summed E-state index contributed by atoms with van der Waals surface area (Å²) in [5.41, 5.74) is 6.89. The summed E-state index contributed by atoms with van der Waals surface area (Å²) in [6, 6.07) is 14.3. The molecular formula is C21H29N3O2S. The van der Waals surface area contributed by atoms with Crippen LogP contribution in [0, 0.1) is 0 Å². The molecule has 0 bridgehead atoms. The van der Waals surface area contributed by atoms with E-state index in [4.69, 9.17) is 10.5 Å². The quantitative estimate of drug-likeness (QED) is 0.716. The zero-order valence-electron chi connectivity index (χ0n) is 15.9. The van der Waals surface area contributed by atoms with Gasteiger partial charge in [-0.15, -0.1) is 0 Å². The van der Waals surface area contributed by atoms with Gasteiger partial charge >= 0.3 is 0 Å². The molecule has 6 heteroatoms. The molecule has 3 rings (SSSR count). The van der Waals surface area contributed by atoms with Crippen LogP contribution in [-0.2, 0) is 4.74 Å². The van der Waals surface area contributed by atoms with Gasteiger partial charge in [0, 0.05) is 63.3 Å². The molecule has 0 spiro atoms. The van der Waals surface area contributed by atoms with E-state index in [9.17, 15) is 4.79 Å². The summed E-state index contributed by atoms with van der Waals surface area (Å²) in [6.07, 6.45) is 0.884. The number of hydrogen-bond acceptors (Lipinski definition) is 5. The second kappa shape index (κ2) is 9.55. The van der Waals surface area contributed by atoms with Gasteiger partial charge in [-0.3, -0.25) is 9.69 Å². The summed E-state index contributed by atoms with van der Waals surface area (Å²) in [5, 5.41) is 2.11. The molecule has 0 aromatic heterocycles. The van der Waals surface area contributed by atoms with Crippen molar-refractivity contribution in [3.8, 4) is 0 Å². The molecule has 0 saturated carbocycles. The van der Waals surface area contributed by atoms with Crippen molar-refractivity contribution in [3.05, 3.63) is 48.0 Å². The van der Waals surface area contributed by atoms with E-state index in [1.165, 1.54) is 0 Å². The topological polar surface area (TPSA) is 58.8 Å². The van der Waals surface area contributed by atoms with Crippen molar-refractivity contribution in [2.45, 2.75) is 18.5 Å². The molecule has 5 nitrogen and oxygen atoms in total. The average Bonchev–Trinajstić information content (AvgIpc) is 2.71. The third-order valence-corrected chi connectivity index (χ3v) is 5.74. The zero-order chi connectivity index (χ0) is 19.2. The van der Waals surface area contributed by atoms with Crippen molar-refractivity contribution >= 4 is 29.3 Å². The van der Waals surface area contributed by atoms with Crippen molar-refractivity contribution in [3.63, 3.8) is 0 Å². The van der Waals surface area contributed by atoms with Gasteiger partial charge in [0.05, 0.1) is 0 Å². The first-order valence-electron chi connectivity index (χ1n) is 9.50. The number of ether oxygens (including phenoxy) is 1. The van der Waals surface area contributed by atoms with Gasteiger partial charge in [0.25, 0.3) is 5.91 Å². The Balaban J connectivity index is 1.77. The van der Waals surface area contributed by atoms with Crippen LogP contribution in [0.15, 0.2) is 42.5 Å². The fraction of sp³-hybridized carbons (Fsp3) is 0.476. The number of carbonyl (C=O) groups excluding carboxylic acids is 1. The van der Waals surface area contributed by atoms with Crippen LogP contribution in [-0.4, -0.2) is 73.4 Å². The number of rotatable bonds is 7. The minimum atomic E-state index is 0.0405. The second-order valence-electron chi connectivity index (χ2n) is 7.15. The van der Waals surface area contributed by atoms with Crippen molar-refractivity contribution < 1.29 is 9.53 Å². The fourth-order valence-corrected chi connectivity index (χ4v) is 3.90. The molecule has 1 fully saturated rings. The molecule has 27 heavy (non-hydrogen) atoms. The molecule has 1 aliphatic rings. The smallest absolute Gasteiger partial charge is 0.254 e. The Hall–Kier alpha value is -1.60. The largest absolute Gasteiger partial charge is 0.385 e. The average molecular weight is 388 g/mol. The zero-order valence-corrected chi connectivity index (χ0v) is 16.8. The minimum absolute atomic E-state index is 0.0405. The predicted octanol–water partition coefficient (Wildman–Crippen LogP) is 2.26. The van der Waals surface area contributed by atoms with Gasteiger partial charge in [-0.1, -0.05) is 36.4 Å². The van der Waals surface area contributed by atoms with Crippen LogP contribution in [0.25, 0.3) is 10.8 Å². The number of fused-ring (bicyclic) bond motifs is 1. The van der Waals surface area contributed by atoms with Crippen molar-refractivity contribution in [2.24, 2.45) is 5.73 Å². The molecule has 1 amide bonds. The number of amides is 1. The van der Waals surface area contributed by atoms with Crippen LogP contribution in [0.5, 0.6) is 0 Å². The third-order valence-electron chi connectivity index (χ3n) is 5.27. The van der Waals surface area contributed by atoms with Crippen LogP contribution in [0.3, 0.4) is 0 Å². The number of nitrogens with zero attached hydrogens (tertiary/aromatic N) is 2. The van der Waals surface area contributed by atoms with Crippen molar-refractivity contribution in [1.82, 2.24) is 9.80 Å². The van der Waals surface area contributed by atoms with Gasteiger partial charge in [-0.05, 0) is 23.3 Å². The summed E-state index contributed by atoms with van der Waals surface area (Å²) in [6.45, 7) is 3.71. The number of piperazine rings is 1. The lowest BCUT2D eigenvalue weighted by Crippen LogP contribution is -2.57. The highest BCUT2D eigenvalue weighted by Crippen LogP contribution is 2.22. The molecule has 0 unspecified atom stereocenters. The van der Waals surface area contributed by atoms with Crippen LogP contribution in [0.1, 0.15) is 16.8 Å². The van der Waals surface area contributed by atoms with Gasteiger partial charge in [-0.2, -0.15) is 12.6 Å². The maximum atomic E-state index is 13.3. The number of carbonyl (C=O) groups is 1. The molecule has 1 heterocycles. The molecule has 2 aromatic rings. The lowest BCUT2D eigenvalue weighted by Gasteiger charge is -2.42. The third kappa shape index (κ3) is 4.82. The first-order chi connectivity index (χ1) is 13.1. The van der Waals surface area contributed by atoms with Crippen LogP contribution in [0.2, 0.25) is 0 Å². The van der Waals surface area contributed by atoms with Gasteiger partial charge < -0.3 is 15.4 Å².